The van der Waals surface area contributed by atoms with E-state index in [0.717, 1.165) is 75.5 Å². The van der Waals surface area contributed by atoms with Crippen LogP contribution in [0.5, 0.6) is 0 Å². The average Bonchev–Trinajstić information content (AvgIpc) is 3.19. The Morgan fingerprint density at radius 2 is 0.614 bits per heavy atom. The minimum absolute atomic E-state index is 0.0662. The zero-order chi connectivity index (χ0) is 42.0. The molecule has 0 heterocycles. The summed E-state index contributed by atoms with van der Waals surface area (Å²) in [6, 6.07) is 0. The molecule has 0 aromatic rings. The van der Waals surface area contributed by atoms with E-state index in [4.69, 9.17) is 14.2 Å². The van der Waals surface area contributed by atoms with Gasteiger partial charge in [-0.15, -0.1) is 0 Å². The molecule has 0 aromatic heterocycles. The maximum atomic E-state index is 12.7. The van der Waals surface area contributed by atoms with Gasteiger partial charge in [0.05, 0.1) is 0 Å². The van der Waals surface area contributed by atoms with Crippen LogP contribution >= 0.6 is 0 Å². The molecule has 0 N–H and O–H groups in total. The van der Waals surface area contributed by atoms with Crippen molar-refractivity contribution in [3.8, 4) is 0 Å². The lowest BCUT2D eigenvalue weighted by atomic mass is 9.99. The van der Waals surface area contributed by atoms with Crippen molar-refractivity contribution in [3.63, 3.8) is 0 Å². The molecular weight excluding hydrogens is 709 g/mol. The Balaban J connectivity index is 4.25. The van der Waals surface area contributed by atoms with Crippen molar-refractivity contribution in [2.45, 2.75) is 279 Å². The van der Waals surface area contributed by atoms with E-state index in [9.17, 15) is 14.4 Å². The number of unbranched alkanes of at least 4 members (excludes halogenated alkanes) is 25. The molecule has 0 bridgehead atoms. The summed E-state index contributed by atoms with van der Waals surface area (Å²) in [5.41, 5.74) is 0. The summed E-state index contributed by atoms with van der Waals surface area (Å²) in [6.07, 6.45) is 40.9. The first kappa shape index (κ1) is 55.4. The lowest BCUT2D eigenvalue weighted by molar-refractivity contribution is -0.167. The van der Waals surface area contributed by atoms with E-state index in [0.29, 0.717) is 19.3 Å². The molecule has 0 aliphatic heterocycles. The van der Waals surface area contributed by atoms with Gasteiger partial charge in [-0.05, 0) is 37.0 Å². The van der Waals surface area contributed by atoms with Crippen LogP contribution in [0, 0.1) is 17.8 Å². The Kier molecular flexibility index (Phi) is 41.3. The first-order chi connectivity index (χ1) is 27.7. The van der Waals surface area contributed by atoms with Crippen molar-refractivity contribution in [2.75, 3.05) is 13.2 Å². The van der Waals surface area contributed by atoms with Crippen molar-refractivity contribution in [1.82, 2.24) is 0 Å². The molecule has 0 saturated carbocycles. The third-order valence-corrected chi connectivity index (χ3v) is 12.1. The normalized spacial score (nSPS) is 13.1. The van der Waals surface area contributed by atoms with E-state index in [1.54, 1.807) is 0 Å². The summed E-state index contributed by atoms with van der Waals surface area (Å²) >= 11 is 0. The number of rotatable bonds is 44. The molecule has 57 heavy (non-hydrogen) atoms. The largest absolute Gasteiger partial charge is 0.462 e. The van der Waals surface area contributed by atoms with Crippen LogP contribution in [0.1, 0.15) is 273 Å². The summed E-state index contributed by atoms with van der Waals surface area (Å²) in [6.45, 7) is 13.7. The van der Waals surface area contributed by atoms with Gasteiger partial charge in [0.1, 0.15) is 13.2 Å². The smallest absolute Gasteiger partial charge is 0.306 e. The van der Waals surface area contributed by atoms with E-state index < -0.39 is 6.10 Å². The molecule has 2 unspecified atom stereocenters. The Labute approximate surface area is 355 Å². The van der Waals surface area contributed by atoms with Crippen LogP contribution in [0.3, 0.4) is 0 Å². The average molecular weight is 807 g/mol. The Bertz CT molecular complexity index is 887. The van der Waals surface area contributed by atoms with Crippen LogP contribution in [0.25, 0.3) is 0 Å². The van der Waals surface area contributed by atoms with Crippen molar-refractivity contribution in [1.29, 1.82) is 0 Å². The van der Waals surface area contributed by atoms with E-state index in [1.165, 1.54) is 154 Å². The van der Waals surface area contributed by atoms with E-state index in [2.05, 4.69) is 41.5 Å². The Morgan fingerprint density at radius 3 is 0.912 bits per heavy atom. The van der Waals surface area contributed by atoms with Crippen LogP contribution in [-0.4, -0.2) is 37.2 Å². The maximum absolute atomic E-state index is 12.7. The number of carbonyl (C=O) groups excluding carboxylic acids is 3. The third-order valence-electron chi connectivity index (χ3n) is 12.1. The van der Waals surface area contributed by atoms with Crippen LogP contribution in [0.2, 0.25) is 0 Å². The summed E-state index contributed by atoms with van der Waals surface area (Å²) in [5, 5.41) is 0. The molecule has 0 rings (SSSR count). The topological polar surface area (TPSA) is 78.9 Å². The molecule has 0 aromatic carbocycles. The fraction of sp³-hybridized carbons (Fsp3) is 0.941. The Morgan fingerprint density at radius 1 is 0.351 bits per heavy atom. The molecule has 0 radical (unpaired) electrons. The van der Waals surface area contributed by atoms with Gasteiger partial charge in [-0.2, -0.15) is 0 Å². The summed E-state index contributed by atoms with van der Waals surface area (Å²) in [7, 11) is 0. The quantitative estimate of drug-likeness (QED) is 0.0347. The van der Waals surface area contributed by atoms with Crippen LogP contribution in [0.4, 0.5) is 0 Å². The van der Waals surface area contributed by atoms with Gasteiger partial charge in [0.25, 0.3) is 0 Å². The van der Waals surface area contributed by atoms with Crippen LogP contribution in [0.15, 0.2) is 0 Å². The molecule has 6 heteroatoms. The second-order valence-corrected chi connectivity index (χ2v) is 18.4. The molecule has 338 valence electrons. The fourth-order valence-corrected chi connectivity index (χ4v) is 7.52. The number of hydrogen-bond acceptors (Lipinski definition) is 6. The van der Waals surface area contributed by atoms with Gasteiger partial charge in [0.2, 0.25) is 0 Å². The van der Waals surface area contributed by atoms with Crippen LogP contribution < -0.4 is 0 Å². The number of hydrogen-bond donors (Lipinski definition) is 0. The second kappa shape index (κ2) is 42.5. The SMILES string of the molecule is CCC(C)CCCCCCCCCCCCCCCCC(=O)OC[C@H](COC(=O)CCCCCCCCCCC(C)CC)OC(=O)CCCCCCCCC(C)C. The lowest BCUT2D eigenvalue weighted by Crippen LogP contribution is -2.30. The monoisotopic (exact) mass is 807 g/mol. The molecular formula is C51H98O6. The minimum Gasteiger partial charge on any atom is -0.462 e. The van der Waals surface area contributed by atoms with Gasteiger partial charge < -0.3 is 14.2 Å². The van der Waals surface area contributed by atoms with Gasteiger partial charge in [-0.25, -0.2) is 0 Å². The summed E-state index contributed by atoms with van der Waals surface area (Å²) in [5.74, 6) is 1.64. The van der Waals surface area contributed by atoms with E-state index in [-0.39, 0.29) is 31.1 Å². The predicted octanol–water partition coefficient (Wildman–Crippen LogP) is 16.0. The minimum atomic E-state index is -0.763. The number of carbonyl (C=O) groups is 3. The molecule has 0 aliphatic carbocycles. The van der Waals surface area contributed by atoms with Gasteiger partial charge in [0, 0.05) is 19.3 Å². The van der Waals surface area contributed by atoms with Gasteiger partial charge in [0.15, 0.2) is 6.10 Å². The Hall–Kier alpha value is -1.59. The standard InChI is InChI=1S/C51H98O6/c1-7-46(5)38-32-26-19-15-13-11-9-10-12-14-16-21-28-34-40-49(52)55-43-48(57-51(54)42-36-30-24-23-25-31-37-45(3)4)44-56-50(53)41-35-29-22-18-17-20-27-33-39-47(6)8-2/h45-48H,7-44H2,1-6H3/t46?,47?,48-/m1/s1. The van der Waals surface area contributed by atoms with Gasteiger partial charge >= 0.3 is 17.9 Å². The molecule has 0 amide bonds. The second-order valence-electron chi connectivity index (χ2n) is 18.4. The zero-order valence-corrected chi connectivity index (χ0v) is 39.1. The van der Waals surface area contributed by atoms with Gasteiger partial charge in [-0.1, -0.05) is 234 Å². The van der Waals surface area contributed by atoms with Crippen molar-refractivity contribution in [2.24, 2.45) is 17.8 Å². The molecule has 0 saturated heterocycles. The van der Waals surface area contributed by atoms with Crippen LogP contribution in [-0.2, 0) is 28.6 Å². The number of ether oxygens (including phenoxy) is 3. The van der Waals surface area contributed by atoms with Gasteiger partial charge in [-0.3, -0.25) is 14.4 Å². The predicted molar refractivity (Wildman–Crippen MR) is 243 cm³/mol. The number of esters is 3. The maximum Gasteiger partial charge on any atom is 0.306 e. The van der Waals surface area contributed by atoms with Crippen molar-refractivity contribution < 1.29 is 28.6 Å². The molecule has 0 fully saturated rings. The highest BCUT2D eigenvalue weighted by Crippen LogP contribution is 2.18. The molecule has 3 atom stereocenters. The lowest BCUT2D eigenvalue weighted by Gasteiger charge is -2.18. The molecule has 0 aliphatic rings. The highest BCUT2D eigenvalue weighted by atomic mass is 16.6. The van der Waals surface area contributed by atoms with Crippen molar-refractivity contribution >= 4 is 17.9 Å². The van der Waals surface area contributed by atoms with E-state index in [1.807, 2.05) is 0 Å². The molecule has 0 spiro atoms. The highest BCUT2D eigenvalue weighted by molar-refractivity contribution is 5.71. The third kappa shape index (κ3) is 42.3. The first-order valence-corrected chi connectivity index (χ1v) is 25.2. The van der Waals surface area contributed by atoms with E-state index >= 15 is 0 Å². The highest BCUT2D eigenvalue weighted by Gasteiger charge is 2.19. The first-order valence-electron chi connectivity index (χ1n) is 25.2. The zero-order valence-electron chi connectivity index (χ0n) is 39.1. The summed E-state index contributed by atoms with van der Waals surface area (Å²) < 4.78 is 16.8. The summed E-state index contributed by atoms with van der Waals surface area (Å²) in [4.78, 5) is 37.8. The van der Waals surface area contributed by atoms with Crippen molar-refractivity contribution in [3.05, 3.63) is 0 Å². The fourth-order valence-electron chi connectivity index (χ4n) is 7.52. The molecule has 6 nitrogen and oxygen atoms in total.